The van der Waals surface area contributed by atoms with Gasteiger partial charge in [0.2, 0.25) is 5.79 Å². The molecular formula is C15H18N2O6. The molecule has 0 amide bonds. The standard InChI is InChI=1S/C15H18N2O6/c18-12-2-1-8-16-9-7-15(20,13(12)16)23-14(19)10-3-5-11(6-4-10)17(21)22/h3-6,12-13,18,20H,1-2,7-9H2/t12-,13-,15+/m1/s1. The van der Waals surface area contributed by atoms with Gasteiger partial charge in [-0.1, -0.05) is 0 Å². The second-order valence-electron chi connectivity index (χ2n) is 5.98. The normalized spacial score (nSPS) is 30.7. The second-order valence-corrected chi connectivity index (χ2v) is 5.98. The summed E-state index contributed by atoms with van der Waals surface area (Å²) in [5, 5.41) is 31.4. The number of carbonyl (C=O) groups excluding carboxylic acids is 1. The van der Waals surface area contributed by atoms with Gasteiger partial charge >= 0.3 is 5.97 Å². The summed E-state index contributed by atoms with van der Waals surface area (Å²) in [6.07, 6.45) is 0.872. The van der Waals surface area contributed by atoms with Gasteiger partial charge in [0.25, 0.3) is 5.69 Å². The van der Waals surface area contributed by atoms with Crippen molar-refractivity contribution in [1.82, 2.24) is 4.90 Å². The van der Waals surface area contributed by atoms with Gasteiger partial charge in [-0.3, -0.25) is 15.0 Å². The van der Waals surface area contributed by atoms with Gasteiger partial charge in [0.05, 0.1) is 16.6 Å². The van der Waals surface area contributed by atoms with E-state index in [1.165, 1.54) is 24.3 Å². The molecule has 124 valence electrons. The molecule has 2 heterocycles. The summed E-state index contributed by atoms with van der Waals surface area (Å²) in [5.74, 6) is -2.50. The Morgan fingerprint density at radius 2 is 2.04 bits per heavy atom. The zero-order chi connectivity index (χ0) is 16.6. The van der Waals surface area contributed by atoms with Crippen LogP contribution in [0.1, 0.15) is 29.6 Å². The summed E-state index contributed by atoms with van der Waals surface area (Å²) >= 11 is 0. The number of nitro benzene ring substituents is 1. The summed E-state index contributed by atoms with van der Waals surface area (Å²) in [7, 11) is 0. The maximum atomic E-state index is 12.2. The highest BCUT2D eigenvalue weighted by Crippen LogP contribution is 2.36. The van der Waals surface area contributed by atoms with Crippen molar-refractivity contribution in [3.05, 3.63) is 39.9 Å². The van der Waals surface area contributed by atoms with E-state index in [4.69, 9.17) is 4.74 Å². The molecule has 1 aromatic carbocycles. The quantitative estimate of drug-likeness (QED) is 0.364. The fourth-order valence-corrected chi connectivity index (χ4v) is 3.38. The molecule has 3 rings (SSSR count). The number of esters is 1. The first-order chi connectivity index (χ1) is 10.9. The molecule has 2 fully saturated rings. The SMILES string of the molecule is O=C(O[C@@]1(O)CCN2CCC[C@@H](O)[C@@H]21)c1ccc([N+](=O)[O-])cc1. The number of hydrogen-bond acceptors (Lipinski definition) is 7. The summed E-state index contributed by atoms with van der Waals surface area (Å²) in [6, 6.07) is 4.36. The molecule has 0 unspecified atom stereocenters. The lowest BCUT2D eigenvalue weighted by Gasteiger charge is -2.39. The highest BCUT2D eigenvalue weighted by atomic mass is 16.7. The minimum absolute atomic E-state index is 0.118. The van der Waals surface area contributed by atoms with Crippen LogP contribution in [0.25, 0.3) is 0 Å². The maximum Gasteiger partial charge on any atom is 0.340 e. The van der Waals surface area contributed by atoms with E-state index in [-0.39, 0.29) is 17.7 Å². The lowest BCUT2D eigenvalue weighted by molar-refractivity contribution is -0.384. The number of benzene rings is 1. The van der Waals surface area contributed by atoms with E-state index in [0.29, 0.717) is 13.0 Å². The summed E-state index contributed by atoms with van der Waals surface area (Å²) in [6.45, 7) is 1.30. The Kier molecular flexibility index (Phi) is 4.05. The van der Waals surface area contributed by atoms with Crippen molar-refractivity contribution >= 4 is 11.7 Å². The molecule has 2 N–H and O–H groups in total. The van der Waals surface area contributed by atoms with Crippen LogP contribution in [-0.4, -0.2) is 57.0 Å². The topological polar surface area (TPSA) is 113 Å². The number of aliphatic hydroxyl groups excluding tert-OH is 1. The minimum atomic E-state index is -1.74. The van der Waals surface area contributed by atoms with Gasteiger partial charge in [0.1, 0.15) is 6.04 Å². The summed E-state index contributed by atoms with van der Waals surface area (Å²) < 4.78 is 5.27. The van der Waals surface area contributed by atoms with Gasteiger partial charge < -0.3 is 14.9 Å². The zero-order valence-electron chi connectivity index (χ0n) is 12.4. The fourth-order valence-electron chi connectivity index (χ4n) is 3.38. The van der Waals surface area contributed by atoms with E-state index in [0.717, 1.165) is 13.0 Å². The van der Waals surface area contributed by atoms with Crippen molar-refractivity contribution in [2.75, 3.05) is 13.1 Å². The number of rotatable bonds is 3. The van der Waals surface area contributed by atoms with E-state index in [1.54, 1.807) is 0 Å². The molecule has 3 atom stereocenters. The predicted molar refractivity (Wildman–Crippen MR) is 78.7 cm³/mol. The van der Waals surface area contributed by atoms with Gasteiger partial charge in [0, 0.05) is 25.1 Å². The van der Waals surface area contributed by atoms with Crippen LogP contribution in [0.2, 0.25) is 0 Å². The first-order valence-electron chi connectivity index (χ1n) is 7.53. The molecule has 0 radical (unpaired) electrons. The molecule has 0 spiro atoms. The molecule has 8 heteroatoms. The number of fused-ring (bicyclic) bond motifs is 1. The number of piperidine rings is 1. The fraction of sp³-hybridized carbons (Fsp3) is 0.533. The van der Waals surface area contributed by atoms with Crippen LogP contribution in [0.3, 0.4) is 0 Å². The van der Waals surface area contributed by atoms with E-state index < -0.39 is 28.8 Å². The van der Waals surface area contributed by atoms with Crippen LogP contribution in [0.15, 0.2) is 24.3 Å². The second kappa shape index (κ2) is 5.88. The third-order valence-electron chi connectivity index (χ3n) is 4.51. The third-order valence-corrected chi connectivity index (χ3v) is 4.51. The first kappa shape index (κ1) is 15.9. The molecule has 0 aromatic heterocycles. The third kappa shape index (κ3) is 2.92. The van der Waals surface area contributed by atoms with Crippen LogP contribution in [0.5, 0.6) is 0 Å². The first-order valence-corrected chi connectivity index (χ1v) is 7.53. The highest BCUT2D eigenvalue weighted by Gasteiger charge is 2.53. The Morgan fingerprint density at radius 1 is 1.35 bits per heavy atom. The maximum absolute atomic E-state index is 12.2. The van der Waals surface area contributed by atoms with Crippen molar-refractivity contribution in [2.24, 2.45) is 0 Å². The van der Waals surface area contributed by atoms with E-state index in [9.17, 15) is 25.1 Å². The van der Waals surface area contributed by atoms with E-state index >= 15 is 0 Å². The molecule has 2 saturated heterocycles. The molecule has 0 bridgehead atoms. The van der Waals surface area contributed by atoms with Gasteiger partial charge in [-0.2, -0.15) is 0 Å². The number of aliphatic hydroxyl groups is 2. The highest BCUT2D eigenvalue weighted by molar-refractivity contribution is 5.89. The van der Waals surface area contributed by atoms with E-state index in [2.05, 4.69) is 0 Å². The molecule has 1 aromatic rings. The average molecular weight is 322 g/mol. The number of carbonyl (C=O) groups is 1. The van der Waals surface area contributed by atoms with Crippen LogP contribution in [-0.2, 0) is 4.74 Å². The van der Waals surface area contributed by atoms with Crippen molar-refractivity contribution < 1.29 is 24.7 Å². The summed E-state index contributed by atoms with van der Waals surface area (Å²) in [5.41, 5.74) is -0.0113. The minimum Gasteiger partial charge on any atom is -0.428 e. The Hall–Kier alpha value is -2.03. The van der Waals surface area contributed by atoms with Crippen LogP contribution in [0, 0.1) is 10.1 Å². The number of non-ortho nitro benzene ring substituents is 1. The van der Waals surface area contributed by atoms with Crippen molar-refractivity contribution in [3.63, 3.8) is 0 Å². The van der Waals surface area contributed by atoms with Crippen molar-refractivity contribution in [3.8, 4) is 0 Å². The smallest absolute Gasteiger partial charge is 0.340 e. The monoisotopic (exact) mass is 322 g/mol. The van der Waals surface area contributed by atoms with Crippen molar-refractivity contribution in [1.29, 1.82) is 0 Å². The Labute approximate surface area is 132 Å². The zero-order valence-corrected chi connectivity index (χ0v) is 12.4. The van der Waals surface area contributed by atoms with Crippen molar-refractivity contribution in [2.45, 2.75) is 37.2 Å². The van der Waals surface area contributed by atoms with Gasteiger partial charge in [-0.25, -0.2) is 4.79 Å². The predicted octanol–water partition coefficient (Wildman–Crippen LogP) is 0.669. The lowest BCUT2D eigenvalue weighted by Crippen LogP contribution is -2.56. The summed E-state index contributed by atoms with van der Waals surface area (Å²) in [4.78, 5) is 24.2. The molecule has 2 aliphatic rings. The van der Waals surface area contributed by atoms with Gasteiger partial charge in [0.15, 0.2) is 0 Å². The van der Waals surface area contributed by atoms with Gasteiger partial charge in [-0.15, -0.1) is 0 Å². The van der Waals surface area contributed by atoms with Crippen LogP contribution >= 0.6 is 0 Å². The lowest BCUT2D eigenvalue weighted by atomic mass is 9.95. The molecule has 8 nitrogen and oxygen atoms in total. The van der Waals surface area contributed by atoms with Crippen LogP contribution < -0.4 is 0 Å². The largest absolute Gasteiger partial charge is 0.428 e. The molecule has 0 saturated carbocycles. The number of nitro groups is 1. The number of hydrogen-bond donors (Lipinski definition) is 2. The Morgan fingerprint density at radius 3 is 2.70 bits per heavy atom. The average Bonchev–Trinajstić information content (AvgIpc) is 2.85. The Balaban J connectivity index is 1.75. The van der Waals surface area contributed by atoms with Gasteiger partial charge in [-0.05, 0) is 31.5 Å². The molecule has 23 heavy (non-hydrogen) atoms. The van der Waals surface area contributed by atoms with E-state index in [1.807, 2.05) is 4.90 Å². The number of nitrogens with zero attached hydrogens (tertiary/aromatic N) is 2. The molecule has 2 aliphatic heterocycles. The molecular weight excluding hydrogens is 304 g/mol. The van der Waals surface area contributed by atoms with Crippen LogP contribution in [0.4, 0.5) is 5.69 Å². The Bertz CT molecular complexity index is 619. The number of ether oxygens (including phenoxy) is 1. The molecule has 0 aliphatic carbocycles.